The van der Waals surface area contributed by atoms with E-state index in [2.05, 4.69) is 31.9 Å². The van der Waals surface area contributed by atoms with Crippen LogP contribution in [0.15, 0.2) is 0 Å². The Morgan fingerprint density at radius 1 is 0.787 bits per heavy atom. The van der Waals surface area contributed by atoms with Crippen molar-refractivity contribution >= 4 is 30.6 Å². The van der Waals surface area contributed by atoms with Crippen LogP contribution in [0.3, 0.4) is 0 Å². The van der Waals surface area contributed by atoms with Gasteiger partial charge in [-0.25, -0.2) is 14.4 Å². The van der Waals surface area contributed by atoms with Gasteiger partial charge in [-0.05, 0) is 102 Å². The number of ether oxygens (including phenoxy) is 7. The van der Waals surface area contributed by atoms with Crippen LogP contribution in [0.25, 0.3) is 0 Å². The standard InChI is InChI=1S/C39H70N6O16/c1-36(2,3)59-33(51)42-15-14-24(47)30(50)43-22-16-23(45-35(53)61-38(7,8)9)28(25(48)27(22)58-32-26(49)29(40-11)39(10,54)18-55-32)57-31-21(44-34(52)60-37(4,5)6)13-12-20(56-31)17-41-19-46/h19-29,31-32,40,47-49,54H,12-18H2,1-11H3,(H,41,46)(H,42,51)(H,43,50)(H,44,52)(H,45,53). The zero-order valence-electron chi connectivity index (χ0n) is 37.1. The van der Waals surface area contributed by atoms with Crippen LogP contribution in [0.1, 0.15) is 94.9 Å². The van der Waals surface area contributed by atoms with Crippen molar-refractivity contribution in [3.8, 4) is 0 Å². The monoisotopic (exact) mass is 878 g/mol. The molecule has 1 saturated carbocycles. The lowest BCUT2D eigenvalue weighted by Crippen LogP contribution is -2.70. The van der Waals surface area contributed by atoms with Crippen molar-refractivity contribution in [1.29, 1.82) is 0 Å². The van der Waals surface area contributed by atoms with Gasteiger partial charge in [0.15, 0.2) is 12.6 Å². The van der Waals surface area contributed by atoms with Crippen molar-refractivity contribution < 1.29 is 77.6 Å². The summed E-state index contributed by atoms with van der Waals surface area (Å²) < 4.78 is 40.9. The Balaban J connectivity index is 2.01. The van der Waals surface area contributed by atoms with Crippen LogP contribution in [-0.4, -0.2) is 174 Å². The van der Waals surface area contributed by atoms with Crippen LogP contribution in [0, 0.1) is 0 Å². The molecule has 0 spiro atoms. The zero-order chi connectivity index (χ0) is 46.1. The van der Waals surface area contributed by atoms with E-state index in [9.17, 15) is 44.4 Å². The molecule has 0 radical (unpaired) electrons. The Kier molecular flexibility index (Phi) is 18.4. The second kappa shape index (κ2) is 21.7. The van der Waals surface area contributed by atoms with Gasteiger partial charge in [-0.3, -0.25) is 9.59 Å². The van der Waals surface area contributed by atoms with Gasteiger partial charge in [0.25, 0.3) is 0 Å². The predicted octanol–water partition coefficient (Wildman–Crippen LogP) is -0.624. The van der Waals surface area contributed by atoms with Crippen LogP contribution in [0.2, 0.25) is 0 Å². The highest BCUT2D eigenvalue weighted by molar-refractivity contribution is 5.81. The van der Waals surface area contributed by atoms with E-state index in [0.717, 1.165) is 0 Å². The first-order valence-corrected chi connectivity index (χ1v) is 20.6. The first kappa shape index (κ1) is 51.7. The van der Waals surface area contributed by atoms with E-state index in [1.807, 2.05) is 0 Å². The van der Waals surface area contributed by atoms with Gasteiger partial charge in [-0.2, -0.15) is 0 Å². The highest BCUT2D eigenvalue weighted by Gasteiger charge is 2.53. The molecule has 0 aromatic carbocycles. The minimum absolute atomic E-state index is 0.0815. The van der Waals surface area contributed by atoms with Gasteiger partial charge in [-0.15, -0.1) is 0 Å². The molecule has 61 heavy (non-hydrogen) atoms. The summed E-state index contributed by atoms with van der Waals surface area (Å²) in [7, 11) is 1.52. The molecule has 2 aliphatic heterocycles. The van der Waals surface area contributed by atoms with Crippen LogP contribution in [0.5, 0.6) is 0 Å². The lowest BCUT2D eigenvalue weighted by atomic mass is 9.82. The summed E-state index contributed by atoms with van der Waals surface area (Å²) in [5, 5.41) is 61.4. The number of nitrogens with one attached hydrogen (secondary N) is 6. The number of carbonyl (C=O) groups excluding carboxylic acids is 5. The van der Waals surface area contributed by atoms with E-state index in [4.69, 9.17) is 33.2 Å². The number of amides is 5. The third-order valence-corrected chi connectivity index (χ3v) is 9.70. The Hall–Kier alpha value is -3.61. The molecule has 3 aliphatic rings. The number of rotatable bonds is 15. The molecule has 3 rings (SSSR count). The molecule has 0 aromatic heterocycles. The SMILES string of the molecule is CNC1C(O)C(OC2C(NC(=O)C(O)CCNC(=O)OC(C)(C)C)CC(NC(=O)OC(C)(C)C)C(OC3OC(CNC=O)CCC3NC(=O)OC(C)(C)C)C2O)OCC1(C)O. The average Bonchev–Trinajstić information content (AvgIpc) is 3.09. The summed E-state index contributed by atoms with van der Waals surface area (Å²) in [5.41, 5.74) is -4.14. The normalized spacial score (nSPS) is 32.7. The molecule has 2 saturated heterocycles. The molecule has 2 heterocycles. The molecule has 352 valence electrons. The number of carbonyl (C=O) groups is 5. The zero-order valence-corrected chi connectivity index (χ0v) is 37.1. The summed E-state index contributed by atoms with van der Waals surface area (Å²) in [6.07, 6.45) is -13.2. The third kappa shape index (κ3) is 16.6. The maximum atomic E-state index is 13.6. The number of aliphatic hydroxyl groups is 4. The summed E-state index contributed by atoms with van der Waals surface area (Å²) >= 11 is 0. The number of likely N-dealkylation sites (N-methyl/N-ethyl adjacent to an activating group) is 1. The summed E-state index contributed by atoms with van der Waals surface area (Å²) in [6.45, 7) is 16.1. The number of aliphatic hydroxyl groups excluding tert-OH is 3. The van der Waals surface area contributed by atoms with Gasteiger partial charge >= 0.3 is 18.3 Å². The fourth-order valence-corrected chi connectivity index (χ4v) is 7.12. The van der Waals surface area contributed by atoms with E-state index in [0.29, 0.717) is 12.8 Å². The first-order valence-electron chi connectivity index (χ1n) is 20.6. The van der Waals surface area contributed by atoms with Gasteiger partial charge in [0.05, 0.1) is 36.9 Å². The topological polar surface area (TPSA) is 303 Å². The maximum absolute atomic E-state index is 13.6. The van der Waals surface area contributed by atoms with Crippen molar-refractivity contribution in [3.63, 3.8) is 0 Å². The molecule has 5 amide bonds. The number of hydrogen-bond donors (Lipinski definition) is 10. The quantitative estimate of drug-likeness (QED) is 0.0724. The molecule has 13 unspecified atom stereocenters. The molecule has 0 aromatic rings. The lowest BCUT2D eigenvalue weighted by molar-refractivity contribution is -0.309. The summed E-state index contributed by atoms with van der Waals surface area (Å²) in [5.74, 6) is -0.934. The van der Waals surface area contributed by atoms with Gasteiger partial charge in [0.2, 0.25) is 12.3 Å². The minimum atomic E-state index is -1.80. The Bertz CT molecular complexity index is 1470. The van der Waals surface area contributed by atoms with Gasteiger partial charge in [0, 0.05) is 13.1 Å². The van der Waals surface area contributed by atoms with Gasteiger partial charge in [0.1, 0.15) is 52.9 Å². The maximum Gasteiger partial charge on any atom is 0.408 e. The van der Waals surface area contributed by atoms with Crippen molar-refractivity contribution in [3.05, 3.63) is 0 Å². The molecule has 1 aliphatic carbocycles. The Labute approximate surface area is 357 Å². The fraction of sp³-hybridized carbons (Fsp3) is 0.872. The van der Waals surface area contributed by atoms with E-state index in [1.54, 1.807) is 62.3 Å². The number of hydrogen-bond acceptors (Lipinski definition) is 17. The van der Waals surface area contributed by atoms with Crippen LogP contribution in [0.4, 0.5) is 14.4 Å². The number of alkyl carbamates (subject to hydrolysis) is 3. The highest BCUT2D eigenvalue weighted by atomic mass is 16.7. The van der Waals surface area contributed by atoms with Crippen molar-refractivity contribution in [2.24, 2.45) is 0 Å². The highest BCUT2D eigenvalue weighted by Crippen LogP contribution is 2.33. The van der Waals surface area contributed by atoms with Crippen LogP contribution >= 0.6 is 0 Å². The fourth-order valence-electron chi connectivity index (χ4n) is 7.12. The Morgan fingerprint density at radius 2 is 1.31 bits per heavy atom. The molecule has 3 fully saturated rings. The van der Waals surface area contributed by atoms with Gasteiger partial charge in [-0.1, -0.05) is 0 Å². The third-order valence-electron chi connectivity index (χ3n) is 9.70. The van der Waals surface area contributed by atoms with E-state index >= 15 is 0 Å². The van der Waals surface area contributed by atoms with E-state index < -0.39 is 120 Å². The summed E-state index contributed by atoms with van der Waals surface area (Å²) in [4.78, 5) is 63.2. The largest absolute Gasteiger partial charge is 0.444 e. The van der Waals surface area contributed by atoms with Crippen LogP contribution in [-0.2, 0) is 42.7 Å². The molecular weight excluding hydrogens is 808 g/mol. The Morgan fingerprint density at radius 3 is 1.85 bits per heavy atom. The second-order valence-corrected chi connectivity index (χ2v) is 18.8. The molecule has 0 bridgehead atoms. The van der Waals surface area contributed by atoms with Crippen molar-refractivity contribution in [1.82, 2.24) is 31.9 Å². The minimum Gasteiger partial charge on any atom is -0.444 e. The lowest BCUT2D eigenvalue weighted by Gasteiger charge is -2.49. The average molecular weight is 879 g/mol. The molecule has 13 atom stereocenters. The van der Waals surface area contributed by atoms with Crippen molar-refractivity contribution in [2.45, 2.75) is 191 Å². The van der Waals surface area contributed by atoms with Crippen LogP contribution < -0.4 is 31.9 Å². The van der Waals surface area contributed by atoms with E-state index in [-0.39, 0.29) is 39.0 Å². The van der Waals surface area contributed by atoms with E-state index in [1.165, 1.54) is 14.0 Å². The second-order valence-electron chi connectivity index (χ2n) is 18.8. The summed E-state index contributed by atoms with van der Waals surface area (Å²) in [6, 6.07) is -4.28. The van der Waals surface area contributed by atoms with Crippen molar-refractivity contribution in [2.75, 3.05) is 26.7 Å². The predicted molar refractivity (Wildman–Crippen MR) is 215 cm³/mol. The molecular formula is C39H70N6O16. The molecule has 22 nitrogen and oxygen atoms in total. The molecule has 10 N–H and O–H groups in total. The molecule has 22 heteroatoms. The smallest absolute Gasteiger partial charge is 0.408 e. The first-order chi connectivity index (χ1) is 28.1. The van der Waals surface area contributed by atoms with Gasteiger partial charge < -0.3 is 85.5 Å².